The molecule has 0 saturated carbocycles. The van der Waals surface area contributed by atoms with E-state index < -0.39 is 0 Å². The van der Waals surface area contributed by atoms with Crippen LogP contribution < -0.4 is 20.3 Å². The van der Waals surface area contributed by atoms with Gasteiger partial charge in [0.15, 0.2) is 0 Å². The zero-order valence-corrected chi connectivity index (χ0v) is 27.3. The zero-order chi connectivity index (χ0) is 32.4. The summed E-state index contributed by atoms with van der Waals surface area (Å²) in [4.78, 5) is 39.1. The number of aromatic nitrogens is 1. The van der Waals surface area contributed by atoms with Crippen molar-refractivity contribution in [2.75, 3.05) is 64.1 Å². The molecule has 2 N–H and O–H groups in total. The highest BCUT2D eigenvalue weighted by atomic mass is 19.1. The molecule has 0 aliphatic carbocycles. The van der Waals surface area contributed by atoms with E-state index in [0.717, 1.165) is 31.6 Å². The van der Waals surface area contributed by atoms with E-state index in [1.165, 1.54) is 12.1 Å². The van der Waals surface area contributed by atoms with Crippen molar-refractivity contribution in [2.45, 2.75) is 76.8 Å². The molecular weight excluding hydrogens is 591 g/mol. The maximum atomic E-state index is 14.3. The van der Waals surface area contributed by atoms with Gasteiger partial charge in [-0.1, -0.05) is 12.1 Å². The number of ether oxygens (including phenoxy) is 3. The standard InChI is InChI=1S/C34H47FN6O5/c1-21-14-39(29(13-36-21)15-40-22(2)17-45-18-23(40)3)16-31(42)41-24(4)19-46-34-30(41)12-26(11-25-5-7-27(35)8-6-25)32(38-34)33(43)37-28-9-10-44-20-28/h5-8,12,21-24,28-29,36H,9-11,13-20H2,1-4H3,(H,37,43)/t21-,22-,23-,24?,28?,29-/m1/s1. The summed E-state index contributed by atoms with van der Waals surface area (Å²) in [6, 6.07) is 8.78. The summed E-state index contributed by atoms with van der Waals surface area (Å²) in [5.74, 6) is -0.416. The molecule has 3 fully saturated rings. The summed E-state index contributed by atoms with van der Waals surface area (Å²) in [5, 5.41) is 6.65. The third-order valence-electron chi connectivity index (χ3n) is 9.60. The SMILES string of the molecule is CC1COc2nc(C(=O)NC3CCOC3)c(Cc3ccc(F)cc3)cc2N1C(=O)CN1C[C@@H](C)NC[C@@H]1CN1[C@H](C)COC[C@H]1C. The lowest BCUT2D eigenvalue weighted by Crippen LogP contribution is -2.63. The predicted molar refractivity (Wildman–Crippen MR) is 172 cm³/mol. The van der Waals surface area contributed by atoms with E-state index in [0.29, 0.717) is 56.2 Å². The highest BCUT2D eigenvalue weighted by molar-refractivity contribution is 5.99. The topological polar surface area (TPSA) is 108 Å². The molecule has 46 heavy (non-hydrogen) atoms. The van der Waals surface area contributed by atoms with E-state index in [2.05, 4.69) is 41.2 Å². The van der Waals surface area contributed by atoms with Gasteiger partial charge in [0.05, 0.1) is 38.4 Å². The second kappa shape index (κ2) is 14.3. The molecule has 2 amide bonds. The third kappa shape index (κ3) is 7.36. The molecule has 11 nitrogen and oxygen atoms in total. The number of carbonyl (C=O) groups excluding carboxylic acids is 2. The van der Waals surface area contributed by atoms with Gasteiger partial charge in [0, 0.05) is 50.4 Å². The van der Waals surface area contributed by atoms with Crippen LogP contribution in [0.15, 0.2) is 30.3 Å². The number of hydrogen-bond acceptors (Lipinski definition) is 9. The van der Waals surface area contributed by atoms with Crippen molar-refractivity contribution >= 4 is 17.5 Å². The molecule has 0 radical (unpaired) electrons. The Labute approximate surface area is 270 Å². The van der Waals surface area contributed by atoms with Gasteiger partial charge in [-0.05, 0) is 69.9 Å². The molecule has 4 aliphatic rings. The minimum Gasteiger partial charge on any atom is -0.474 e. The van der Waals surface area contributed by atoms with Crippen LogP contribution in [0.25, 0.3) is 0 Å². The first-order valence-corrected chi connectivity index (χ1v) is 16.6. The number of nitrogens with one attached hydrogen (secondary N) is 2. The van der Waals surface area contributed by atoms with Gasteiger partial charge in [-0.2, -0.15) is 0 Å². The second-order valence-corrected chi connectivity index (χ2v) is 13.4. The molecule has 5 heterocycles. The van der Waals surface area contributed by atoms with Crippen molar-refractivity contribution < 1.29 is 28.2 Å². The third-order valence-corrected chi connectivity index (χ3v) is 9.60. The number of hydrogen-bond donors (Lipinski definition) is 2. The molecule has 0 spiro atoms. The van der Waals surface area contributed by atoms with Crippen LogP contribution in [0.5, 0.6) is 5.88 Å². The number of carbonyl (C=O) groups is 2. The molecule has 2 aromatic rings. The maximum Gasteiger partial charge on any atom is 0.270 e. The Balaban J connectivity index is 1.27. The Hall–Kier alpha value is -3.16. The Morgan fingerprint density at radius 3 is 2.50 bits per heavy atom. The van der Waals surface area contributed by atoms with Crippen LogP contribution in [0.2, 0.25) is 0 Å². The lowest BCUT2D eigenvalue weighted by atomic mass is 10.0. The number of halogens is 1. The summed E-state index contributed by atoms with van der Waals surface area (Å²) < 4.78 is 31.0. The molecule has 250 valence electrons. The quantitative estimate of drug-likeness (QED) is 0.450. The number of rotatable bonds is 8. The number of pyridine rings is 1. The van der Waals surface area contributed by atoms with Gasteiger partial charge in [-0.25, -0.2) is 9.37 Å². The summed E-state index contributed by atoms with van der Waals surface area (Å²) in [5.41, 5.74) is 2.26. The van der Waals surface area contributed by atoms with Crippen LogP contribution in [-0.2, 0) is 20.7 Å². The average molecular weight is 639 g/mol. The lowest BCUT2D eigenvalue weighted by molar-refractivity contribution is -0.122. The highest BCUT2D eigenvalue weighted by Gasteiger charge is 2.37. The average Bonchev–Trinajstić information content (AvgIpc) is 3.54. The summed E-state index contributed by atoms with van der Waals surface area (Å²) in [7, 11) is 0. The number of amides is 2. The highest BCUT2D eigenvalue weighted by Crippen LogP contribution is 2.35. The minimum atomic E-state index is -0.330. The fourth-order valence-corrected chi connectivity index (χ4v) is 7.05. The number of piperazine rings is 1. The van der Waals surface area contributed by atoms with E-state index >= 15 is 0 Å². The monoisotopic (exact) mass is 638 g/mol. The van der Waals surface area contributed by atoms with Crippen molar-refractivity contribution in [3.63, 3.8) is 0 Å². The number of morpholine rings is 1. The smallest absolute Gasteiger partial charge is 0.270 e. The van der Waals surface area contributed by atoms with Crippen LogP contribution in [0.3, 0.4) is 0 Å². The fraction of sp³-hybridized carbons (Fsp3) is 0.618. The summed E-state index contributed by atoms with van der Waals surface area (Å²) >= 11 is 0. The van der Waals surface area contributed by atoms with E-state index in [-0.39, 0.29) is 66.5 Å². The first-order chi connectivity index (χ1) is 22.2. The van der Waals surface area contributed by atoms with E-state index in [9.17, 15) is 14.0 Å². The van der Waals surface area contributed by atoms with Crippen LogP contribution in [0.1, 0.15) is 55.7 Å². The fourth-order valence-electron chi connectivity index (χ4n) is 7.05. The van der Waals surface area contributed by atoms with Crippen molar-refractivity contribution in [3.8, 4) is 5.88 Å². The second-order valence-electron chi connectivity index (χ2n) is 13.4. The largest absolute Gasteiger partial charge is 0.474 e. The molecule has 3 saturated heterocycles. The molecule has 1 aromatic heterocycles. The number of anilines is 1. The van der Waals surface area contributed by atoms with Gasteiger partial charge in [0.25, 0.3) is 5.91 Å². The predicted octanol–water partition coefficient (Wildman–Crippen LogP) is 2.22. The Morgan fingerprint density at radius 2 is 1.78 bits per heavy atom. The van der Waals surface area contributed by atoms with Crippen molar-refractivity contribution in [1.29, 1.82) is 0 Å². The number of benzene rings is 1. The summed E-state index contributed by atoms with van der Waals surface area (Å²) in [6.07, 6.45) is 1.07. The van der Waals surface area contributed by atoms with E-state index in [1.54, 1.807) is 17.0 Å². The van der Waals surface area contributed by atoms with Gasteiger partial charge in [-0.3, -0.25) is 19.4 Å². The van der Waals surface area contributed by atoms with Crippen LogP contribution in [0, 0.1) is 5.82 Å². The molecule has 2 unspecified atom stereocenters. The van der Waals surface area contributed by atoms with Gasteiger partial charge >= 0.3 is 0 Å². The summed E-state index contributed by atoms with van der Waals surface area (Å²) in [6.45, 7) is 13.9. The maximum absolute atomic E-state index is 14.3. The minimum absolute atomic E-state index is 0.0333. The number of fused-ring (bicyclic) bond motifs is 1. The van der Waals surface area contributed by atoms with E-state index in [1.807, 2.05) is 13.0 Å². The number of nitrogens with zero attached hydrogens (tertiary/aromatic N) is 4. The van der Waals surface area contributed by atoms with Crippen molar-refractivity contribution in [2.24, 2.45) is 0 Å². The molecule has 1 aromatic carbocycles. The van der Waals surface area contributed by atoms with Crippen LogP contribution in [0.4, 0.5) is 10.1 Å². The normalized spacial score (nSPS) is 28.8. The molecular formula is C34H47FN6O5. The van der Waals surface area contributed by atoms with E-state index in [4.69, 9.17) is 19.2 Å². The van der Waals surface area contributed by atoms with Crippen LogP contribution in [-0.4, -0.2) is 122 Å². The van der Waals surface area contributed by atoms with Gasteiger partial charge in [0.1, 0.15) is 23.8 Å². The lowest BCUT2D eigenvalue weighted by Gasteiger charge is -2.46. The van der Waals surface area contributed by atoms with Crippen LogP contribution >= 0.6 is 0 Å². The van der Waals surface area contributed by atoms with Gasteiger partial charge < -0.3 is 29.7 Å². The molecule has 12 heteroatoms. The van der Waals surface area contributed by atoms with Crippen molar-refractivity contribution in [1.82, 2.24) is 25.4 Å². The van der Waals surface area contributed by atoms with Gasteiger partial charge in [-0.15, -0.1) is 0 Å². The molecule has 4 aliphatic heterocycles. The Kier molecular flexibility index (Phi) is 10.2. The molecule has 6 atom stereocenters. The first kappa shape index (κ1) is 32.8. The Morgan fingerprint density at radius 1 is 1.02 bits per heavy atom. The van der Waals surface area contributed by atoms with Crippen molar-refractivity contribution in [3.05, 3.63) is 53.0 Å². The molecule has 0 bridgehead atoms. The molecule has 6 rings (SSSR count). The Bertz CT molecular complexity index is 1380. The van der Waals surface area contributed by atoms with Gasteiger partial charge in [0.2, 0.25) is 11.8 Å². The first-order valence-electron chi connectivity index (χ1n) is 16.6. The zero-order valence-electron chi connectivity index (χ0n) is 27.3.